The van der Waals surface area contributed by atoms with Gasteiger partial charge in [-0.1, -0.05) is 0 Å². The van der Waals surface area contributed by atoms with Gasteiger partial charge in [-0.05, 0) is 0 Å². The molecular formula is C10H9F3OSe. The summed E-state index contributed by atoms with van der Waals surface area (Å²) in [5.74, 6) is 0. The van der Waals surface area contributed by atoms with Crippen molar-refractivity contribution in [1.29, 1.82) is 0 Å². The first kappa shape index (κ1) is 12.3. The summed E-state index contributed by atoms with van der Waals surface area (Å²) in [7, 11) is 0. The summed E-state index contributed by atoms with van der Waals surface area (Å²) < 4.78 is 42.3. The van der Waals surface area contributed by atoms with Gasteiger partial charge in [0.15, 0.2) is 0 Å². The summed E-state index contributed by atoms with van der Waals surface area (Å²) in [5.41, 5.74) is -0.0413. The Morgan fingerprint density at radius 2 is 1.80 bits per heavy atom. The molecule has 0 saturated carbocycles. The molecule has 0 aliphatic carbocycles. The van der Waals surface area contributed by atoms with Crippen LogP contribution in [0.4, 0.5) is 13.2 Å². The number of rotatable bonds is 3. The van der Waals surface area contributed by atoms with Crippen molar-refractivity contribution >= 4 is 20.2 Å². The molecule has 0 saturated heterocycles. The number of benzene rings is 1. The number of alkyl halides is 3. The first-order valence-corrected chi connectivity index (χ1v) is 5.15. The van der Waals surface area contributed by atoms with Crippen molar-refractivity contribution in [2.24, 2.45) is 0 Å². The molecule has 0 aromatic heterocycles. The quantitative estimate of drug-likeness (QED) is 0.773. The van der Waals surface area contributed by atoms with Crippen LogP contribution in [0.25, 0.3) is 0 Å². The summed E-state index contributed by atoms with van der Waals surface area (Å²) in [6, 6.07) is 4.83. The zero-order valence-corrected chi connectivity index (χ0v) is 9.68. The van der Waals surface area contributed by atoms with E-state index in [1.54, 1.807) is 6.92 Å². The third-order valence-corrected chi connectivity index (χ3v) is 2.47. The van der Waals surface area contributed by atoms with Crippen molar-refractivity contribution in [2.75, 3.05) is 6.61 Å². The van der Waals surface area contributed by atoms with Gasteiger partial charge in [0.2, 0.25) is 0 Å². The second kappa shape index (κ2) is 4.81. The Hall–Kier alpha value is -0.801. The van der Waals surface area contributed by atoms with Gasteiger partial charge in [0.25, 0.3) is 0 Å². The van der Waals surface area contributed by atoms with Crippen LogP contribution in [0.5, 0.6) is 0 Å². The average Bonchev–Trinajstić information content (AvgIpc) is 2.17. The standard InChI is InChI=1S/C10H9F3OSe/c1-2-14-9(15)7-3-5-8(6-4-7)10(11,12)13/h3-6H,2H2,1H3. The first-order valence-electron chi connectivity index (χ1n) is 4.29. The minimum absolute atomic E-state index is 0.476. The van der Waals surface area contributed by atoms with Crippen molar-refractivity contribution in [1.82, 2.24) is 0 Å². The molecule has 1 aromatic carbocycles. The van der Waals surface area contributed by atoms with E-state index >= 15 is 0 Å². The summed E-state index contributed by atoms with van der Waals surface area (Å²) in [6.07, 6.45) is -4.29. The molecule has 1 aromatic rings. The normalized spacial score (nSPS) is 11.2. The Balaban J connectivity index is 2.86. The predicted molar refractivity (Wildman–Crippen MR) is 52.9 cm³/mol. The molecular weight excluding hydrogens is 272 g/mol. The molecule has 0 spiro atoms. The molecule has 0 aliphatic heterocycles. The van der Waals surface area contributed by atoms with E-state index < -0.39 is 11.7 Å². The number of halogens is 3. The Labute approximate surface area is 93.6 Å². The van der Waals surface area contributed by atoms with E-state index in [9.17, 15) is 13.2 Å². The fourth-order valence-electron chi connectivity index (χ4n) is 1.01. The molecule has 1 nitrogen and oxygen atoms in total. The van der Waals surface area contributed by atoms with Gasteiger partial charge in [-0.3, -0.25) is 0 Å². The van der Waals surface area contributed by atoms with E-state index in [0.717, 1.165) is 12.1 Å². The van der Waals surface area contributed by atoms with Gasteiger partial charge in [-0.25, -0.2) is 0 Å². The monoisotopic (exact) mass is 282 g/mol. The number of hydrogen-bond acceptors (Lipinski definition) is 1. The molecule has 5 heteroatoms. The maximum absolute atomic E-state index is 12.2. The Morgan fingerprint density at radius 3 is 2.20 bits per heavy atom. The average molecular weight is 281 g/mol. The van der Waals surface area contributed by atoms with Crippen LogP contribution < -0.4 is 0 Å². The number of ether oxygens (including phenoxy) is 1. The van der Waals surface area contributed by atoms with Crippen LogP contribution in [0, 0.1) is 0 Å². The molecule has 0 bridgehead atoms. The van der Waals surface area contributed by atoms with Gasteiger partial charge in [0.1, 0.15) is 0 Å². The molecule has 0 amide bonds. The third kappa shape index (κ3) is 3.36. The second-order valence-corrected chi connectivity index (χ2v) is 3.57. The van der Waals surface area contributed by atoms with Crippen LogP contribution in [0.15, 0.2) is 24.3 Å². The van der Waals surface area contributed by atoms with Crippen LogP contribution in [-0.2, 0) is 10.9 Å². The van der Waals surface area contributed by atoms with Gasteiger partial charge >= 0.3 is 93.2 Å². The summed E-state index contributed by atoms with van der Waals surface area (Å²) in [5, 5.41) is 0. The van der Waals surface area contributed by atoms with E-state index in [0.29, 0.717) is 16.8 Å². The van der Waals surface area contributed by atoms with E-state index in [-0.39, 0.29) is 0 Å². The Bertz CT molecular complexity index is 343. The fraction of sp³-hybridized carbons (Fsp3) is 0.300. The second-order valence-electron chi connectivity index (χ2n) is 2.80. The molecule has 0 aliphatic rings. The van der Waals surface area contributed by atoms with Crippen LogP contribution in [0.2, 0.25) is 0 Å². The zero-order valence-electron chi connectivity index (χ0n) is 7.97. The first-order chi connectivity index (χ1) is 6.95. The van der Waals surface area contributed by atoms with Crippen molar-refractivity contribution in [3.63, 3.8) is 0 Å². The SMILES string of the molecule is CCOC(=[Se])c1ccc(C(F)(F)F)cc1. The van der Waals surface area contributed by atoms with Crippen LogP contribution in [-0.4, -0.2) is 26.8 Å². The van der Waals surface area contributed by atoms with Crippen molar-refractivity contribution in [3.8, 4) is 0 Å². The molecule has 1 rings (SSSR count). The van der Waals surface area contributed by atoms with Gasteiger partial charge in [0, 0.05) is 0 Å². The topological polar surface area (TPSA) is 9.23 Å². The van der Waals surface area contributed by atoms with Crippen LogP contribution in [0.1, 0.15) is 18.1 Å². The van der Waals surface area contributed by atoms with Crippen molar-refractivity contribution in [2.45, 2.75) is 13.1 Å². The van der Waals surface area contributed by atoms with Crippen LogP contribution >= 0.6 is 0 Å². The Morgan fingerprint density at radius 1 is 1.27 bits per heavy atom. The maximum atomic E-state index is 12.2. The zero-order chi connectivity index (χ0) is 11.5. The summed E-state index contributed by atoms with van der Waals surface area (Å²) in [4.78, 5) is 0. The molecule has 15 heavy (non-hydrogen) atoms. The van der Waals surface area contributed by atoms with E-state index in [1.165, 1.54) is 12.1 Å². The fourth-order valence-corrected chi connectivity index (χ4v) is 1.54. The molecule has 0 N–H and O–H groups in total. The van der Waals surface area contributed by atoms with Crippen LogP contribution in [0.3, 0.4) is 0 Å². The van der Waals surface area contributed by atoms with E-state index in [4.69, 9.17) is 4.74 Å². The minimum atomic E-state index is -4.29. The van der Waals surface area contributed by atoms with Crippen molar-refractivity contribution < 1.29 is 17.9 Å². The van der Waals surface area contributed by atoms with Gasteiger partial charge in [0.05, 0.1) is 0 Å². The van der Waals surface area contributed by atoms with E-state index in [2.05, 4.69) is 15.6 Å². The Kier molecular flexibility index (Phi) is 3.94. The van der Waals surface area contributed by atoms with E-state index in [1.807, 2.05) is 0 Å². The molecule has 0 heterocycles. The summed E-state index contributed by atoms with van der Waals surface area (Å²) in [6.45, 7) is 2.28. The molecule has 0 fully saturated rings. The number of hydrogen-bond donors (Lipinski definition) is 0. The molecule has 0 unspecified atom stereocenters. The molecule has 0 atom stereocenters. The van der Waals surface area contributed by atoms with Gasteiger partial charge in [-0.2, -0.15) is 0 Å². The van der Waals surface area contributed by atoms with Gasteiger partial charge < -0.3 is 0 Å². The van der Waals surface area contributed by atoms with Crippen molar-refractivity contribution in [3.05, 3.63) is 35.4 Å². The van der Waals surface area contributed by atoms with Gasteiger partial charge in [-0.15, -0.1) is 0 Å². The summed E-state index contributed by atoms with van der Waals surface area (Å²) >= 11 is 2.67. The predicted octanol–water partition coefficient (Wildman–Crippen LogP) is 2.39. The molecule has 82 valence electrons. The third-order valence-electron chi connectivity index (χ3n) is 1.72. The molecule has 0 radical (unpaired) electrons.